The Morgan fingerprint density at radius 3 is 2.33 bits per heavy atom. The van der Waals surface area contributed by atoms with Crippen molar-refractivity contribution >= 4 is 17.4 Å². The standard InChI is InChI=1S/C24H39N5O/c1-19-17-28(15-16-29(19)22-7-5-4-6-8-22)24(30)25-20-9-11-21(12-10-20)27-14-13-23(18-27)26(2)3/h9-12,19,22-23H,4-8,13-18H2,1-3H3,(H,25,30). The topological polar surface area (TPSA) is 42.1 Å². The molecule has 1 aromatic carbocycles. The molecule has 0 aromatic heterocycles. The SMILES string of the molecule is CC1CN(C(=O)Nc2ccc(N3CCC(N(C)C)C3)cc2)CCN1C1CCCCC1. The Hall–Kier alpha value is -1.79. The molecule has 0 spiro atoms. The lowest BCUT2D eigenvalue weighted by molar-refractivity contribution is 0.0511. The van der Waals surface area contributed by atoms with Gasteiger partial charge in [-0.05, 0) is 64.5 Å². The highest BCUT2D eigenvalue weighted by Gasteiger charge is 2.32. The molecule has 6 heteroatoms. The van der Waals surface area contributed by atoms with Crippen molar-refractivity contribution in [2.75, 3.05) is 57.0 Å². The quantitative estimate of drug-likeness (QED) is 0.817. The summed E-state index contributed by atoms with van der Waals surface area (Å²) in [6.07, 6.45) is 7.98. The van der Waals surface area contributed by atoms with Gasteiger partial charge in [-0.1, -0.05) is 19.3 Å². The number of nitrogens with one attached hydrogen (secondary N) is 1. The van der Waals surface area contributed by atoms with Crippen LogP contribution in [0.2, 0.25) is 0 Å². The number of carbonyl (C=O) groups is 1. The van der Waals surface area contributed by atoms with Gasteiger partial charge in [-0.2, -0.15) is 0 Å². The van der Waals surface area contributed by atoms with Crippen molar-refractivity contribution in [1.82, 2.24) is 14.7 Å². The molecule has 2 unspecified atom stereocenters. The minimum Gasteiger partial charge on any atom is -0.370 e. The van der Waals surface area contributed by atoms with E-state index in [0.717, 1.165) is 44.5 Å². The van der Waals surface area contributed by atoms with Gasteiger partial charge in [0.2, 0.25) is 0 Å². The molecule has 1 N–H and O–H groups in total. The van der Waals surface area contributed by atoms with Crippen LogP contribution in [0.5, 0.6) is 0 Å². The Labute approximate surface area is 182 Å². The van der Waals surface area contributed by atoms with Crippen LogP contribution in [-0.2, 0) is 0 Å². The molecule has 4 rings (SSSR count). The smallest absolute Gasteiger partial charge is 0.321 e. The highest BCUT2D eigenvalue weighted by molar-refractivity contribution is 5.89. The number of piperazine rings is 1. The Bertz CT molecular complexity index is 700. The Kier molecular flexibility index (Phi) is 6.84. The molecule has 1 aromatic rings. The van der Waals surface area contributed by atoms with E-state index in [1.54, 1.807) is 0 Å². The summed E-state index contributed by atoms with van der Waals surface area (Å²) in [5.74, 6) is 0. The molecule has 2 amide bonds. The van der Waals surface area contributed by atoms with E-state index < -0.39 is 0 Å². The van der Waals surface area contributed by atoms with Crippen LogP contribution in [0, 0.1) is 0 Å². The molecular formula is C24H39N5O. The lowest BCUT2D eigenvalue weighted by Gasteiger charge is -2.45. The number of anilines is 2. The number of urea groups is 1. The van der Waals surface area contributed by atoms with Crippen molar-refractivity contribution in [3.05, 3.63) is 24.3 Å². The number of amides is 2. The number of rotatable bonds is 4. The van der Waals surface area contributed by atoms with Crippen LogP contribution >= 0.6 is 0 Å². The first-order valence-corrected chi connectivity index (χ1v) is 11.8. The van der Waals surface area contributed by atoms with Crippen LogP contribution in [0.25, 0.3) is 0 Å². The lowest BCUT2D eigenvalue weighted by Crippen LogP contribution is -2.57. The molecule has 0 bridgehead atoms. The monoisotopic (exact) mass is 413 g/mol. The van der Waals surface area contributed by atoms with Gasteiger partial charge in [-0.25, -0.2) is 4.79 Å². The fraction of sp³-hybridized carbons (Fsp3) is 0.708. The normalized spacial score (nSPS) is 26.4. The second kappa shape index (κ2) is 9.56. The zero-order valence-electron chi connectivity index (χ0n) is 19.0. The van der Waals surface area contributed by atoms with E-state index in [0.29, 0.717) is 12.1 Å². The summed E-state index contributed by atoms with van der Waals surface area (Å²) in [7, 11) is 4.31. The van der Waals surface area contributed by atoms with Gasteiger partial charge in [-0.15, -0.1) is 0 Å². The van der Waals surface area contributed by atoms with E-state index in [9.17, 15) is 4.79 Å². The molecule has 2 atom stereocenters. The maximum atomic E-state index is 12.8. The van der Waals surface area contributed by atoms with Gasteiger partial charge in [-0.3, -0.25) is 4.90 Å². The molecule has 1 aliphatic carbocycles. The minimum atomic E-state index is 0.0340. The molecular weight excluding hydrogens is 374 g/mol. The van der Waals surface area contributed by atoms with Crippen molar-refractivity contribution in [3.63, 3.8) is 0 Å². The van der Waals surface area contributed by atoms with Gasteiger partial charge in [0.05, 0.1) is 0 Å². The van der Waals surface area contributed by atoms with Crippen LogP contribution in [0.1, 0.15) is 45.4 Å². The molecule has 3 fully saturated rings. The number of nitrogens with zero attached hydrogens (tertiary/aromatic N) is 4. The third-order valence-corrected chi connectivity index (χ3v) is 7.39. The second-order valence-electron chi connectivity index (χ2n) is 9.65. The number of hydrogen-bond donors (Lipinski definition) is 1. The summed E-state index contributed by atoms with van der Waals surface area (Å²) < 4.78 is 0. The van der Waals surface area contributed by atoms with Gasteiger partial charge in [0.15, 0.2) is 0 Å². The highest BCUT2D eigenvalue weighted by Crippen LogP contribution is 2.27. The van der Waals surface area contributed by atoms with Crippen molar-refractivity contribution in [3.8, 4) is 0 Å². The summed E-state index contributed by atoms with van der Waals surface area (Å²) in [5, 5.41) is 3.11. The zero-order valence-corrected chi connectivity index (χ0v) is 19.0. The van der Waals surface area contributed by atoms with Crippen molar-refractivity contribution in [1.29, 1.82) is 0 Å². The Morgan fingerprint density at radius 1 is 0.967 bits per heavy atom. The summed E-state index contributed by atoms with van der Waals surface area (Å²) in [4.78, 5) is 22.2. The summed E-state index contributed by atoms with van der Waals surface area (Å²) >= 11 is 0. The first-order chi connectivity index (χ1) is 14.5. The number of hydrogen-bond acceptors (Lipinski definition) is 4. The Balaban J connectivity index is 1.28. The molecule has 2 aliphatic heterocycles. The summed E-state index contributed by atoms with van der Waals surface area (Å²) in [6, 6.07) is 10.2. The first-order valence-electron chi connectivity index (χ1n) is 11.8. The predicted octanol–water partition coefficient (Wildman–Crippen LogP) is 3.70. The third kappa shape index (κ3) is 4.92. The molecule has 3 aliphatic rings. The summed E-state index contributed by atoms with van der Waals surface area (Å²) in [6.45, 7) is 7.09. The van der Waals surface area contributed by atoms with Gasteiger partial charge in [0.1, 0.15) is 0 Å². The largest absolute Gasteiger partial charge is 0.370 e. The average molecular weight is 414 g/mol. The number of benzene rings is 1. The first kappa shape index (κ1) is 21.4. The van der Waals surface area contributed by atoms with Crippen LogP contribution in [0.3, 0.4) is 0 Å². The molecule has 2 saturated heterocycles. The predicted molar refractivity (Wildman–Crippen MR) is 124 cm³/mol. The van der Waals surface area contributed by atoms with E-state index >= 15 is 0 Å². The van der Waals surface area contributed by atoms with E-state index in [-0.39, 0.29) is 6.03 Å². The van der Waals surface area contributed by atoms with E-state index in [4.69, 9.17) is 0 Å². The Morgan fingerprint density at radius 2 is 1.70 bits per heavy atom. The van der Waals surface area contributed by atoms with E-state index in [1.807, 2.05) is 17.0 Å². The van der Waals surface area contributed by atoms with Gasteiger partial charge in [0, 0.05) is 62.2 Å². The fourth-order valence-corrected chi connectivity index (χ4v) is 5.47. The maximum absolute atomic E-state index is 12.8. The van der Waals surface area contributed by atoms with Crippen LogP contribution in [0.4, 0.5) is 16.2 Å². The average Bonchev–Trinajstić information content (AvgIpc) is 3.25. The van der Waals surface area contributed by atoms with Crippen LogP contribution in [-0.4, -0.2) is 85.7 Å². The molecule has 0 radical (unpaired) electrons. The lowest BCUT2D eigenvalue weighted by atomic mass is 9.92. The highest BCUT2D eigenvalue weighted by atomic mass is 16.2. The second-order valence-corrected chi connectivity index (χ2v) is 9.65. The van der Waals surface area contributed by atoms with Crippen LogP contribution < -0.4 is 10.2 Å². The molecule has 2 heterocycles. The van der Waals surface area contributed by atoms with Crippen molar-refractivity contribution in [2.45, 2.75) is 63.6 Å². The van der Waals surface area contributed by atoms with Gasteiger partial charge in [0.25, 0.3) is 0 Å². The van der Waals surface area contributed by atoms with Gasteiger partial charge < -0.3 is 20.0 Å². The van der Waals surface area contributed by atoms with E-state index in [2.05, 4.69) is 53.2 Å². The molecule has 166 valence electrons. The van der Waals surface area contributed by atoms with Crippen molar-refractivity contribution < 1.29 is 4.79 Å². The zero-order chi connectivity index (χ0) is 21.1. The van der Waals surface area contributed by atoms with Gasteiger partial charge >= 0.3 is 6.03 Å². The summed E-state index contributed by atoms with van der Waals surface area (Å²) in [5.41, 5.74) is 2.13. The number of likely N-dealkylation sites (N-methyl/N-ethyl adjacent to an activating group) is 1. The molecule has 30 heavy (non-hydrogen) atoms. The van der Waals surface area contributed by atoms with E-state index in [1.165, 1.54) is 44.2 Å². The minimum absolute atomic E-state index is 0.0340. The molecule has 6 nitrogen and oxygen atoms in total. The third-order valence-electron chi connectivity index (χ3n) is 7.39. The fourth-order valence-electron chi connectivity index (χ4n) is 5.47. The maximum Gasteiger partial charge on any atom is 0.321 e. The van der Waals surface area contributed by atoms with Crippen LogP contribution in [0.15, 0.2) is 24.3 Å². The number of carbonyl (C=O) groups excluding carboxylic acids is 1. The van der Waals surface area contributed by atoms with Crippen molar-refractivity contribution in [2.24, 2.45) is 0 Å². The molecule has 1 saturated carbocycles.